The van der Waals surface area contributed by atoms with Gasteiger partial charge >= 0.3 is 0 Å². The van der Waals surface area contributed by atoms with Gasteiger partial charge in [-0.15, -0.1) is 0 Å². The molecule has 1 amide bonds. The molecule has 4 heteroatoms. The molecule has 4 nitrogen and oxygen atoms in total. The van der Waals surface area contributed by atoms with Crippen LogP contribution in [0.1, 0.15) is 43.0 Å². The van der Waals surface area contributed by atoms with E-state index in [0.717, 1.165) is 28.5 Å². The number of hydrogen-bond acceptors (Lipinski definition) is 2. The van der Waals surface area contributed by atoms with E-state index in [-0.39, 0.29) is 11.9 Å². The Labute approximate surface area is 136 Å². The molecule has 2 N–H and O–H groups in total. The monoisotopic (exact) mass is 312 g/mol. The van der Waals surface area contributed by atoms with Gasteiger partial charge < -0.3 is 15.0 Å². The molecule has 0 radical (unpaired) electrons. The van der Waals surface area contributed by atoms with Crippen molar-refractivity contribution < 1.29 is 9.53 Å². The summed E-state index contributed by atoms with van der Waals surface area (Å²) in [6, 6.07) is 6.01. The number of nitrogens with one attached hydrogen (secondary N) is 2. The van der Waals surface area contributed by atoms with Gasteiger partial charge in [-0.1, -0.05) is 6.42 Å². The van der Waals surface area contributed by atoms with Crippen LogP contribution >= 0.6 is 0 Å². The second kappa shape index (κ2) is 5.59. The quantitative estimate of drug-likeness (QED) is 0.904. The molecule has 2 aliphatic rings. The molecule has 1 aromatic carbocycles. The van der Waals surface area contributed by atoms with Crippen molar-refractivity contribution in [1.82, 2.24) is 10.3 Å². The molecule has 2 aliphatic carbocycles. The second-order valence-electron chi connectivity index (χ2n) is 7.21. The predicted octanol–water partition coefficient (Wildman–Crippen LogP) is 3.73. The zero-order valence-corrected chi connectivity index (χ0v) is 13.8. The Hall–Kier alpha value is -1.97. The molecule has 1 heterocycles. The van der Waals surface area contributed by atoms with Gasteiger partial charge in [-0.3, -0.25) is 4.79 Å². The minimum atomic E-state index is 0.0137. The van der Waals surface area contributed by atoms with Gasteiger partial charge in [0, 0.05) is 23.1 Å². The molecule has 2 bridgehead atoms. The molecule has 0 unspecified atom stereocenters. The third-order valence-electron chi connectivity index (χ3n) is 5.93. The molecule has 4 atom stereocenters. The van der Waals surface area contributed by atoms with Crippen molar-refractivity contribution in [2.24, 2.45) is 17.8 Å². The maximum absolute atomic E-state index is 12.7. The molecule has 2 saturated carbocycles. The summed E-state index contributed by atoms with van der Waals surface area (Å²) in [6.45, 7) is 2.17. The summed E-state index contributed by atoms with van der Waals surface area (Å²) in [5.74, 6) is 3.16. The Morgan fingerprint density at radius 3 is 2.91 bits per heavy atom. The topological polar surface area (TPSA) is 54.1 Å². The third kappa shape index (κ3) is 2.50. The molecule has 122 valence electrons. The number of aromatic amines is 1. The average molecular weight is 312 g/mol. The van der Waals surface area contributed by atoms with Crippen molar-refractivity contribution in [3.05, 3.63) is 30.0 Å². The maximum Gasteiger partial charge on any atom is 0.253 e. The average Bonchev–Trinajstić information content (AvgIpc) is 3.28. The Morgan fingerprint density at radius 1 is 1.35 bits per heavy atom. The van der Waals surface area contributed by atoms with Crippen LogP contribution in [0.2, 0.25) is 0 Å². The van der Waals surface area contributed by atoms with Crippen LogP contribution in [0.25, 0.3) is 10.9 Å². The number of fused-ring (bicyclic) bond motifs is 3. The van der Waals surface area contributed by atoms with Crippen molar-refractivity contribution in [3.63, 3.8) is 0 Å². The van der Waals surface area contributed by atoms with Crippen LogP contribution in [0.15, 0.2) is 24.4 Å². The lowest BCUT2D eigenvalue weighted by Crippen LogP contribution is -2.40. The number of aromatic nitrogens is 1. The van der Waals surface area contributed by atoms with Crippen molar-refractivity contribution in [2.45, 2.75) is 38.6 Å². The van der Waals surface area contributed by atoms with Crippen LogP contribution in [0.4, 0.5) is 0 Å². The fraction of sp³-hybridized carbons (Fsp3) is 0.526. The SMILES string of the molecule is COc1ccc2[nH]cc(C(=O)N[C@H](C)[C@@H]3C[C@H]4CC[C@H]3C4)c2c1. The van der Waals surface area contributed by atoms with Gasteiger partial charge in [-0.05, 0) is 62.1 Å². The summed E-state index contributed by atoms with van der Waals surface area (Å²) in [7, 11) is 1.64. The molecule has 2 fully saturated rings. The second-order valence-corrected chi connectivity index (χ2v) is 7.21. The molecule has 1 aromatic heterocycles. The van der Waals surface area contributed by atoms with E-state index in [1.54, 1.807) is 13.3 Å². The molecule has 23 heavy (non-hydrogen) atoms. The van der Waals surface area contributed by atoms with E-state index >= 15 is 0 Å². The lowest BCUT2D eigenvalue weighted by molar-refractivity contribution is 0.0917. The number of carbonyl (C=O) groups excluding carboxylic acids is 1. The van der Waals surface area contributed by atoms with Crippen LogP contribution in [0.5, 0.6) is 5.75 Å². The van der Waals surface area contributed by atoms with Gasteiger partial charge in [-0.2, -0.15) is 0 Å². The summed E-state index contributed by atoms with van der Waals surface area (Å²) in [5, 5.41) is 4.16. The normalized spacial score (nSPS) is 27.3. The number of amides is 1. The number of benzene rings is 1. The fourth-order valence-corrected chi connectivity index (χ4v) is 4.71. The summed E-state index contributed by atoms with van der Waals surface area (Å²) < 4.78 is 5.28. The molecular formula is C19H24N2O2. The predicted molar refractivity (Wildman–Crippen MR) is 90.7 cm³/mol. The van der Waals surface area contributed by atoms with E-state index in [1.807, 2.05) is 18.2 Å². The first-order chi connectivity index (χ1) is 11.2. The van der Waals surface area contributed by atoms with Crippen LogP contribution in [0, 0.1) is 17.8 Å². The summed E-state index contributed by atoms with van der Waals surface area (Å²) >= 11 is 0. The molecule has 2 aromatic rings. The van der Waals surface area contributed by atoms with Crippen molar-refractivity contribution in [1.29, 1.82) is 0 Å². The molecule has 0 saturated heterocycles. The lowest BCUT2D eigenvalue weighted by Gasteiger charge is -2.28. The zero-order chi connectivity index (χ0) is 16.0. The van der Waals surface area contributed by atoms with Crippen LogP contribution in [-0.2, 0) is 0 Å². The van der Waals surface area contributed by atoms with Crippen molar-refractivity contribution in [2.75, 3.05) is 7.11 Å². The van der Waals surface area contributed by atoms with Crippen LogP contribution in [-0.4, -0.2) is 24.0 Å². The van der Waals surface area contributed by atoms with E-state index in [1.165, 1.54) is 25.7 Å². The lowest BCUT2D eigenvalue weighted by atomic mass is 9.84. The van der Waals surface area contributed by atoms with Crippen LogP contribution in [0.3, 0.4) is 0 Å². The van der Waals surface area contributed by atoms with Gasteiger partial charge in [0.25, 0.3) is 5.91 Å². The van der Waals surface area contributed by atoms with Gasteiger partial charge in [0.05, 0.1) is 12.7 Å². The summed E-state index contributed by atoms with van der Waals surface area (Å²) in [5.41, 5.74) is 1.66. The van der Waals surface area contributed by atoms with Gasteiger partial charge in [0.2, 0.25) is 0 Å². The highest BCUT2D eigenvalue weighted by Gasteiger charge is 2.42. The Balaban J connectivity index is 1.52. The minimum Gasteiger partial charge on any atom is -0.497 e. The Bertz CT molecular complexity index is 736. The maximum atomic E-state index is 12.7. The fourth-order valence-electron chi connectivity index (χ4n) is 4.71. The van der Waals surface area contributed by atoms with Gasteiger partial charge in [0.15, 0.2) is 0 Å². The Kier molecular flexibility index (Phi) is 3.55. The highest BCUT2D eigenvalue weighted by molar-refractivity contribution is 6.07. The standard InChI is InChI=1S/C19H24N2O2/c1-11(15-8-12-3-4-13(15)7-12)21-19(22)17-10-20-18-6-5-14(23-2)9-16(17)18/h5-6,9-13,15,20H,3-4,7-8H2,1-2H3,(H,21,22)/t11-,12+,13+,15+/m1/s1. The molecular weight excluding hydrogens is 288 g/mol. The highest BCUT2D eigenvalue weighted by Crippen LogP contribution is 2.49. The summed E-state index contributed by atoms with van der Waals surface area (Å²) in [6.07, 6.45) is 7.19. The largest absolute Gasteiger partial charge is 0.497 e. The van der Waals surface area contributed by atoms with Crippen molar-refractivity contribution in [3.8, 4) is 5.75 Å². The molecule has 0 aliphatic heterocycles. The van der Waals surface area contributed by atoms with E-state index in [0.29, 0.717) is 11.5 Å². The number of methoxy groups -OCH3 is 1. The van der Waals surface area contributed by atoms with E-state index in [4.69, 9.17) is 4.74 Å². The first-order valence-electron chi connectivity index (χ1n) is 8.61. The summed E-state index contributed by atoms with van der Waals surface area (Å²) in [4.78, 5) is 15.9. The molecule has 4 rings (SSSR count). The van der Waals surface area contributed by atoms with E-state index < -0.39 is 0 Å². The van der Waals surface area contributed by atoms with Crippen molar-refractivity contribution >= 4 is 16.8 Å². The van der Waals surface area contributed by atoms with E-state index in [2.05, 4.69) is 17.2 Å². The first kappa shape index (κ1) is 14.6. The number of H-pyrrole nitrogens is 1. The minimum absolute atomic E-state index is 0.0137. The number of carbonyl (C=O) groups is 1. The van der Waals surface area contributed by atoms with Crippen LogP contribution < -0.4 is 10.1 Å². The smallest absolute Gasteiger partial charge is 0.253 e. The highest BCUT2D eigenvalue weighted by atomic mass is 16.5. The number of ether oxygens (including phenoxy) is 1. The van der Waals surface area contributed by atoms with E-state index in [9.17, 15) is 4.79 Å². The Morgan fingerprint density at radius 2 is 2.22 bits per heavy atom. The molecule has 0 spiro atoms. The van der Waals surface area contributed by atoms with Gasteiger partial charge in [-0.25, -0.2) is 0 Å². The van der Waals surface area contributed by atoms with Gasteiger partial charge in [0.1, 0.15) is 5.75 Å². The number of hydrogen-bond donors (Lipinski definition) is 2. The zero-order valence-electron chi connectivity index (χ0n) is 13.8. The third-order valence-corrected chi connectivity index (χ3v) is 5.93. The number of rotatable bonds is 4. The first-order valence-corrected chi connectivity index (χ1v) is 8.61.